The lowest BCUT2D eigenvalue weighted by Crippen LogP contribution is -2.23. The molecule has 1 aromatic rings. The van der Waals surface area contributed by atoms with Crippen LogP contribution < -0.4 is 5.73 Å². The van der Waals surface area contributed by atoms with Crippen LogP contribution in [0.15, 0.2) is 5.38 Å². The van der Waals surface area contributed by atoms with Crippen LogP contribution in [0.25, 0.3) is 0 Å². The third-order valence-electron chi connectivity index (χ3n) is 2.00. The summed E-state index contributed by atoms with van der Waals surface area (Å²) in [6.07, 6.45) is 3.13. The lowest BCUT2D eigenvalue weighted by atomic mass is 10.3. The van der Waals surface area contributed by atoms with Gasteiger partial charge in [-0.3, -0.25) is 0 Å². The van der Waals surface area contributed by atoms with Crippen LogP contribution in [0.3, 0.4) is 0 Å². The Hall–Kier alpha value is -0.260. The average Bonchev–Trinajstić information content (AvgIpc) is 2.58. The summed E-state index contributed by atoms with van der Waals surface area (Å²) in [7, 11) is 2.14. The number of rotatable bonds is 6. The van der Waals surface area contributed by atoms with Crippen LogP contribution in [0.2, 0.25) is 0 Å². The Morgan fingerprint density at radius 3 is 2.93 bits per heavy atom. The minimum absolute atomic E-state index is 0.673. The molecule has 0 aliphatic carbocycles. The number of anilines is 1. The highest BCUT2D eigenvalue weighted by Crippen LogP contribution is 2.11. The van der Waals surface area contributed by atoms with E-state index < -0.39 is 0 Å². The number of aromatic nitrogens is 1. The molecule has 0 saturated carbocycles. The molecule has 1 heterocycles. The van der Waals surface area contributed by atoms with E-state index in [1.54, 1.807) is 0 Å². The average molecular weight is 231 g/mol. The molecule has 2 N–H and O–H groups in total. The molecule has 0 bridgehead atoms. The van der Waals surface area contributed by atoms with Crippen LogP contribution in [0.4, 0.5) is 5.13 Å². The van der Waals surface area contributed by atoms with Crippen LogP contribution in [-0.2, 0) is 6.42 Å². The largest absolute Gasteiger partial charge is 0.375 e. The van der Waals surface area contributed by atoms with Gasteiger partial charge >= 0.3 is 0 Å². The predicted octanol–water partition coefficient (Wildman–Crippen LogP) is 1.56. The fourth-order valence-electron chi connectivity index (χ4n) is 1.10. The minimum atomic E-state index is 0.673. The number of thioether (sulfide) groups is 1. The van der Waals surface area contributed by atoms with Crippen molar-refractivity contribution in [1.29, 1.82) is 0 Å². The van der Waals surface area contributed by atoms with Gasteiger partial charge in [0.1, 0.15) is 0 Å². The third-order valence-corrected chi connectivity index (χ3v) is 3.31. The summed E-state index contributed by atoms with van der Waals surface area (Å²) in [6.45, 7) is 2.20. The van der Waals surface area contributed by atoms with Crippen molar-refractivity contribution < 1.29 is 0 Å². The first-order chi connectivity index (χ1) is 6.72. The third kappa shape index (κ3) is 4.30. The zero-order valence-corrected chi connectivity index (χ0v) is 10.3. The second-order valence-corrected chi connectivity index (χ2v) is 5.10. The molecule has 0 aliphatic rings. The number of nitrogens with zero attached hydrogens (tertiary/aromatic N) is 2. The molecule has 0 saturated heterocycles. The van der Waals surface area contributed by atoms with Gasteiger partial charge in [0.05, 0.1) is 5.69 Å². The Bertz CT molecular complexity index is 262. The quantitative estimate of drug-likeness (QED) is 0.807. The predicted molar refractivity (Wildman–Crippen MR) is 66.1 cm³/mol. The van der Waals surface area contributed by atoms with Crippen molar-refractivity contribution in [1.82, 2.24) is 9.88 Å². The van der Waals surface area contributed by atoms with Gasteiger partial charge in [-0.1, -0.05) is 0 Å². The summed E-state index contributed by atoms with van der Waals surface area (Å²) in [5.74, 6) is 1.19. The summed E-state index contributed by atoms with van der Waals surface area (Å²) in [6, 6.07) is 0. The summed E-state index contributed by atoms with van der Waals surface area (Å²) in [4.78, 5) is 6.55. The molecule has 0 spiro atoms. The Kier molecular flexibility index (Phi) is 5.29. The molecule has 0 aliphatic heterocycles. The minimum Gasteiger partial charge on any atom is -0.375 e. The summed E-state index contributed by atoms with van der Waals surface area (Å²) in [5.41, 5.74) is 6.67. The number of nitrogens with two attached hydrogens (primary N) is 1. The van der Waals surface area contributed by atoms with Crippen molar-refractivity contribution >= 4 is 28.2 Å². The lowest BCUT2D eigenvalue weighted by molar-refractivity contribution is 0.359. The van der Waals surface area contributed by atoms with E-state index in [-0.39, 0.29) is 0 Å². The normalized spacial score (nSPS) is 11.1. The fraction of sp³-hybridized carbons (Fsp3) is 0.667. The molecular formula is C9H17N3S2. The van der Waals surface area contributed by atoms with Crippen LogP contribution in [0.5, 0.6) is 0 Å². The summed E-state index contributed by atoms with van der Waals surface area (Å²) >= 11 is 3.40. The van der Waals surface area contributed by atoms with Gasteiger partial charge in [0.15, 0.2) is 5.13 Å². The standard InChI is InChI=1S/C9H17N3S2/c1-12(5-6-13-2)4-3-8-7-14-9(10)11-8/h7H,3-6H2,1-2H3,(H2,10,11). The summed E-state index contributed by atoms with van der Waals surface area (Å²) in [5, 5.41) is 2.71. The van der Waals surface area contributed by atoms with E-state index in [1.165, 1.54) is 17.1 Å². The monoisotopic (exact) mass is 231 g/mol. The maximum atomic E-state index is 5.56. The molecule has 14 heavy (non-hydrogen) atoms. The highest BCUT2D eigenvalue weighted by atomic mass is 32.2. The molecule has 0 aromatic carbocycles. The van der Waals surface area contributed by atoms with E-state index in [4.69, 9.17) is 5.73 Å². The lowest BCUT2D eigenvalue weighted by Gasteiger charge is -2.14. The number of nitrogen functional groups attached to an aromatic ring is 1. The van der Waals surface area contributed by atoms with Gasteiger partial charge in [0, 0.05) is 30.6 Å². The molecular weight excluding hydrogens is 214 g/mol. The fourth-order valence-corrected chi connectivity index (χ4v) is 2.19. The molecule has 0 atom stereocenters. The van der Waals surface area contributed by atoms with E-state index in [9.17, 15) is 0 Å². The number of hydrogen-bond donors (Lipinski definition) is 1. The topological polar surface area (TPSA) is 42.1 Å². The molecule has 5 heteroatoms. The smallest absolute Gasteiger partial charge is 0.180 e. The van der Waals surface area contributed by atoms with Crippen molar-refractivity contribution in [2.45, 2.75) is 6.42 Å². The van der Waals surface area contributed by atoms with E-state index in [0.29, 0.717) is 5.13 Å². The molecule has 3 nitrogen and oxygen atoms in total. The van der Waals surface area contributed by atoms with Gasteiger partial charge in [0.2, 0.25) is 0 Å². The van der Waals surface area contributed by atoms with Crippen LogP contribution >= 0.6 is 23.1 Å². The van der Waals surface area contributed by atoms with E-state index in [2.05, 4.69) is 23.2 Å². The number of likely N-dealkylation sites (N-methyl/N-ethyl adjacent to an activating group) is 1. The van der Waals surface area contributed by atoms with Crippen LogP contribution in [0.1, 0.15) is 5.69 Å². The second kappa shape index (κ2) is 6.27. The summed E-state index contributed by atoms with van der Waals surface area (Å²) < 4.78 is 0. The maximum Gasteiger partial charge on any atom is 0.180 e. The first-order valence-corrected chi connectivity index (χ1v) is 6.87. The highest BCUT2D eigenvalue weighted by Gasteiger charge is 2.01. The highest BCUT2D eigenvalue weighted by molar-refractivity contribution is 7.98. The molecule has 0 radical (unpaired) electrons. The van der Waals surface area contributed by atoms with E-state index in [0.717, 1.165) is 25.2 Å². The molecule has 0 unspecified atom stereocenters. The zero-order chi connectivity index (χ0) is 10.4. The maximum absolute atomic E-state index is 5.56. The van der Waals surface area contributed by atoms with E-state index in [1.807, 2.05) is 17.1 Å². The Balaban J connectivity index is 2.20. The molecule has 0 fully saturated rings. The van der Waals surface area contributed by atoms with Gasteiger partial charge in [-0.15, -0.1) is 11.3 Å². The van der Waals surface area contributed by atoms with Crippen molar-refractivity contribution in [3.05, 3.63) is 11.1 Å². The first kappa shape index (κ1) is 11.8. The van der Waals surface area contributed by atoms with Crippen molar-refractivity contribution in [3.63, 3.8) is 0 Å². The van der Waals surface area contributed by atoms with Gasteiger partial charge in [-0.05, 0) is 13.3 Å². The molecule has 1 rings (SSSR count). The second-order valence-electron chi connectivity index (χ2n) is 3.22. The molecule has 0 amide bonds. The van der Waals surface area contributed by atoms with Gasteiger partial charge in [0.25, 0.3) is 0 Å². The Morgan fingerprint density at radius 1 is 1.57 bits per heavy atom. The van der Waals surface area contributed by atoms with Gasteiger partial charge < -0.3 is 10.6 Å². The van der Waals surface area contributed by atoms with Gasteiger partial charge in [-0.2, -0.15) is 11.8 Å². The van der Waals surface area contributed by atoms with Crippen LogP contribution in [-0.4, -0.2) is 42.0 Å². The molecule has 80 valence electrons. The van der Waals surface area contributed by atoms with Crippen LogP contribution in [0, 0.1) is 0 Å². The van der Waals surface area contributed by atoms with Crippen molar-refractivity contribution in [2.75, 3.05) is 37.9 Å². The Morgan fingerprint density at radius 2 is 2.36 bits per heavy atom. The number of hydrogen-bond acceptors (Lipinski definition) is 5. The SMILES string of the molecule is CSCCN(C)CCc1csc(N)n1. The van der Waals surface area contributed by atoms with Crippen molar-refractivity contribution in [3.8, 4) is 0 Å². The first-order valence-electron chi connectivity index (χ1n) is 4.59. The zero-order valence-electron chi connectivity index (χ0n) is 8.69. The van der Waals surface area contributed by atoms with Crippen molar-refractivity contribution in [2.24, 2.45) is 0 Å². The number of thiazole rings is 1. The van der Waals surface area contributed by atoms with E-state index >= 15 is 0 Å². The molecule has 1 aromatic heterocycles. The Labute approximate surface area is 93.7 Å². The van der Waals surface area contributed by atoms with Gasteiger partial charge in [-0.25, -0.2) is 4.98 Å².